The van der Waals surface area contributed by atoms with Crippen molar-refractivity contribution in [2.75, 3.05) is 19.4 Å². The van der Waals surface area contributed by atoms with E-state index in [0.29, 0.717) is 6.42 Å². The maximum atomic E-state index is 12.2. The lowest BCUT2D eigenvalue weighted by molar-refractivity contribution is 0.154. The minimum Gasteiger partial charge on any atom is -0.491 e. The highest BCUT2D eigenvalue weighted by molar-refractivity contribution is 7.89. The molecular formula is C24H30N4O4S2. The van der Waals surface area contributed by atoms with Gasteiger partial charge in [0.25, 0.3) is 0 Å². The Hall–Kier alpha value is -2.40. The van der Waals surface area contributed by atoms with Gasteiger partial charge in [0.05, 0.1) is 18.5 Å². The van der Waals surface area contributed by atoms with Crippen molar-refractivity contribution in [3.05, 3.63) is 57.8 Å². The molecule has 0 bridgehead atoms. The molecule has 0 saturated carbocycles. The fourth-order valence-electron chi connectivity index (χ4n) is 4.37. The van der Waals surface area contributed by atoms with Crippen LogP contribution in [-0.4, -0.2) is 55.4 Å². The normalized spacial score (nSPS) is 20.5. The number of hydrogen-bond acceptors (Lipinski definition) is 8. The number of sulfonamides is 1. The smallest absolute Gasteiger partial charge is 0.214 e. The van der Waals surface area contributed by atoms with Gasteiger partial charge in [-0.3, -0.25) is 4.99 Å². The van der Waals surface area contributed by atoms with Gasteiger partial charge < -0.3 is 9.84 Å². The van der Waals surface area contributed by atoms with Crippen molar-refractivity contribution in [2.45, 2.75) is 51.2 Å². The molecule has 182 valence electrons. The molecule has 2 atom stereocenters. The number of fused-ring (bicyclic) bond motifs is 1. The van der Waals surface area contributed by atoms with Gasteiger partial charge in [-0.2, -0.15) is 0 Å². The molecule has 0 aliphatic heterocycles. The Balaban J connectivity index is 1.58. The zero-order valence-corrected chi connectivity index (χ0v) is 21.2. The van der Waals surface area contributed by atoms with Crippen LogP contribution < -0.4 is 4.72 Å². The second kappa shape index (κ2) is 10.5. The highest BCUT2D eigenvalue weighted by Crippen LogP contribution is 2.41. The van der Waals surface area contributed by atoms with Gasteiger partial charge in [0.2, 0.25) is 10.0 Å². The molecule has 0 spiro atoms. The summed E-state index contributed by atoms with van der Waals surface area (Å²) in [5, 5.41) is 19.8. The van der Waals surface area contributed by atoms with E-state index in [2.05, 4.69) is 32.1 Å². The Morgan fingerprint density at radius 1 is 1.35 bits per heavy atom. The van der Waals surface area contributed by atoms with Crippen molar-refractivity contribution in [3.63, 3.8) is 0 Å². The molecule has 1 unspecified atom stereocenters. The van der Waals surface area contributed by atoms with E-state index in [-0.39, 0.29) is 23.8 Å². The molecule has 8 nitrogen and oxygen atoms in total. The molecule has 2 aliphatic rings. The van der Waals surface area contributed by atoms with Gasteiger partial charge in [-0.05, 0) is 50.3 Å². The van der Waals surface area contributed by atoms with E-state index in [1.165, 1.54) is 0 Å². The molecule has 0 saturated heterocycles. The third-order valence-electron chi connectivity index (χ3n) is 5.79. The number of nitrogens with one attached hydrogen (secondary N) is 1. The van der Waals surface area contributed by atoms with Gasteiger partial charge >= 0.3 is 0 Å². The van der Waals surface area contributed by atoms with Gasteiger partial charge in [-0.1, -0.05) is 35.6 Å². The highest BCUT2D eigenvalue weighted by atomic mass is 32.2. The fraction of sp³-hybridized carbons (Fsp3) is 0.458. The average Bonchev–Trinajstić information content (AvgIpc) is 3.42. The lowest BCUT2D eigenvalue weighted by atomic mass is 9.95. The molecule has 1 heterocycles. The molecule has 0 amide bonds. The van der Waals surface area contributed by atoms with E-state index in [4.69, 9.17) is 9.84 Å². The van der Waals surface area contributed by atoms with Crippen molar-refractivity contribution in [1.82, 2.24) is 14.9 Å². The Labute approximate surface area is 204 Å². The first kappa shape index (κ1) is 24.7. The third kappa shape index (κ3) is 5.46. The van der Waals surface area contributed by atoms with Gasteiger partial charge in [0, 0.05) is 36.4 Å². The summed E-state index contributed by atoms with van der Waals surface area (Å²) in [5.41, 5.74) is 4.02. The largest absolute Gasteiger partial charge is 0.491 e. The molecule has 1 aromatic heterocycles. The highest BCUT2D eigenvalue weighted by Gasteiger charge is 2.29. The summed E-state index contributed by atoms with van der Waals surface area (Å²) < 4.78 is 33.0. The summed E-state index contributed by atoms with van der Waals surface area (Å²) in [6.07, 6.45) is 8.33. The SMILES string of the molecule is CN=CC1=CC(c2nnc(-c3cccc4c3CC[C@@H]4NS(=O)(=O)CCO)s2)CC=C1OC(C)C. The zero-order valence-electron chi connectivity index (χ0n) is 19.6. The Morgan fingerprint density at radius 2 is 2.18 bits per heavy atom. The number of benzene rings is 1. The first-order chi connectivity index (χ1) is 16.3. The van der Waals surface area contributed by atoms with E-state index in [0.717, 1.165) is 50.9 Å². The fourth-order valence-corrected chi connectivity index (χ4v) is 6.39. The number of aliphatic hydroxyl groups is 1. The quantitative estimate of drug-likeness (QED) is 0.507. The maximum absolute atomic E-state index is 12.2. The average molecular weight is 503 g/mol. The number of hydrogen-bond donors (Lipinski definition) is 2. The number of rotatable bonds is 9. The molecule has 10 heteroatoms. The van der Waals surface area contributed by atoms with Crippen molar-refractivity contribution in [2.24, 2.45) is 4.99 Å². The van der Waals surface area contributed by atoms with E-state index in [1.807, 2.05) is 38.3 Å². The first-order valence-electron chi connectivity index (χ1n) is 11.4. The van der Waals surface area contributed by atoms with Crippen LogP contribution in [0.3, 0.4) is 0 Å². The minimum absolute atomic E-state index is 0.0849. The monoisotopic (exact) mass is 502 g/mol. The van der Waals surface area contributed by atoms with E-state index < -0.39 is 16.6 Å². The number of nitrogens with zero attached hydrogens (tertiary/aromatic N) is 3. The molecule has 2 aliphatic carbocycles. The Bertz CT molecular complexity index is 1230. The molecule has 0 radical (unpaired) electrons. The summed E-state index contributed by atoms with van der Waals surface area (Å²) in [6, 6.07) is 5.62. The van der Waals surface area contributed by atoms with Crippen LogP contribution in [0.25, 0.3) is 10.6 Å². The van der Waals surface area contributed by atoms with E-state index in [9.17, 15) is 8.42 Å². The zero-order chi connectivity index (χ0) is 24.3. The van der Waals surface area contributed by atoms with E-state index in [1.54, 1.807) is 18.4 Å². The lowest BCUT2D eigenvalue weighted by Gasteiger charge is -2.20. The van der Waals surface area contributed by atoms with Crippen LogP contribution in [-0.2, 0) is 21.2 Å². The number of aliphatic imine (C=N–C) groups is 1. The van der Waals surface area contributed by atoms with Gasteiger partial charge in [0.15, 0.2) is 0 Å². The number of allylic oxidation sites excluding steroid dienone is 3. The summed E-state index contributed by atoms with van der Waals surface area (Å²) in [4.78, 5) is 4.17. The van der Waals surface area contributed by atoms with Crippen LogP contribution in [0, 0.1) is 0 Å². The Kier molecular flexibility index (Phi) is 7.61. The second-order valence-corrected chi connectivity index (χ2v) is 11.5. The van der Waals surface area contributed by atoms with Crippen LogP contribution in [0.2, 0.25) is 0 Å². The molecule has 2 aromatic rings. The summed E-state index contributed by atoms with van der Waals surface area (Å²) in [5.74, 6) is 0.641. The molecule has 4 rings (SSSR count). The van der Waals surface area contributed by atoms with Gasteiger partial charge in [-0.15, -0.1) is 10.2 Å². The number of ether oxygens (including phenoxy) is 1. The Morgan fingerprint density at radius 3 is 2.91 bits per heavy atom. The summed E-state index contributed by atoms with van der Waals surface area (Å²) >= 11 is 1.56. The number of aliphatic hydroxyl groups excluding tert-OH is 1. The predicted molar refractivity (Wildman–Crippen MR) is 135 cm³/mol. The summed E-state index contributed by atoms with van der Waals surface area (Å²) in [6.45, 7) is 3.61. The molecule has 34 heavy (non-hydrogen) atoms. The minimum atomic E-state index is -3.53. The van der Waals surface area contributed by atoms with Gasteiger partial charge in [-0.25, -0.2) is 13.1 Å². The van der Waals surface area contributed by atoms with Crippen molar-refractivity contribution in [3.8, 4) is 10.6 Å². The van der Waals surface area contributed by atoms with Crippen molar-refractivity contribution in [1.29, 1.82) is 0 Å². The summed E-state index contributed by atoms with van der Waals surface area (Å²) in [7, 11) is -1.78. The van der Waals surface area contributed by atoms with Crippen molar-refractivity contribution >= 4 is 27.6 Å². The van der Waals surface area contributed by atoms with Crippen LogP contribution in [0.4, 0.5) is 0 Å². The lowest BCUT2D eigenvalue weighted by Crippen LogP contribution is -2.30. The van der Waals surface area contributed by atoms with Crippen LogP contribution in [0.5, 0.6) is 0 Å². The number of aromatic nitrogens is 2. The van der Waals surface area contributed by atoms with E-state index >= 15 is 0 Å². The molecule has 1 aromatic carbocycles. The van der Waals surface area contributed by atoms with Crippen LogP contribution >= 0.6 is 11.3 Å². The standard InChI is InChI=1S/C24H30N4O4S2/c1-15(2)32-22-10-7-16(13-17(22)14-25-3)23-26-27-24(33-23)20-6-4-5-19-18(20)8-9-21(19)28-34(30,31)12-11-29/h4-6,10,13-16,21,28-29H,7-9,11-12H2,1-3H3/t16?,21-/m0/s1. The first-order valence-corrected chi connectivity index (χ1v) is 13.9. The van der Waals surface area contributed by atoms with Crippen molar-refractivity contribution < 1.29 is 18.3 Å². The molecule has 0 fully saturated rings. The van der Waals surface area contributed by atoms with Gasteiger partial charge in [0.1, 0.15) is 15.8 Å². The topological polar surface area (TPSA) is 114 Å². The molecular weight excluding hydrogens is 472 g/mol. The van der Waals surface area contributed by atoms with Crippen LogP contribution in [0.1, 0.15) is 54.8 Å². The molecule has 2 N–H and O–H groups in total. The maximum Gasteiger partial charge on any atom is 0.214 e. The second-order valence-electron chi connectivity index (χ2n) is 8.66. The van der Waals surface area contributed by atoms with Crippen LogP contribution in [0.15, 0.2) is 46.7 Å². The predicted octanol–water partition coefficient (Wildman–Crippen LogP) is 3.53. The third-order valence-corrected chi connectivity index (χ3v) is 8.25.